The summed E-state index contributed by atoms with van der Waals surface area (Å²) in [6.07, 6.45) is 0. The van der Waals surface area contributed by atoms with E-state index in [0.29, 0.717) is 10.8 Å². The van der Waals surface area contributed by atoms with E-state index in [4.69, 9.17) is 4.84 Å². The molecular formula is C18H10N2O4S. The first kappa shape index (κ1) is 15.2. The first-order chi connectivity index (χ1) is 12.1. The van der Waals surface area contributed by atoms with Crippen molar-refractivity contribution in [2.45, 2.75) is 0 Å². The lowest BCUT2D eigenvalue weighted by Gasteiger charge is -2.11. The number of fused-ring (bicyclic) bond motifs is 1. The highest BCUT2D eigenvalue weighted by atomic mass is 32.1. The van der Waals surface area contributed by atoms with Crippen LogP contribution in [0.3, 0.4) is 0 Å². The van der Waals surface area contributed by atoms with Crippen LogP contribution in [-0.4, -0.2) is 27.8 Å². The number of nitrogens with zero attached hydrogens (tertiary/aromatic N) is 2. The Kier molecular flexibility index (Phi) is 3.62. The largest absolute Gasteiger partial charge is 0.392 e. The molecule has 0 radical (unpaired) electrons. The minimum atomic E-state index is -0.846. The molecule has 2 heterocycles. The zero-order chi connectivity index (χ0) is 17.4. The third kappa shape index (κ3) is 2.60. The van der Waals surface area contributed by atoms with E-state index in [1.54, 1.807) is 17.5 Å². The Bertz CT molecular complexity index is 962. The topological polar surface area (TPSA) is 76.6 Å². The molecule has 7 heteroatoms. The van der Waals surface area contributed by atoms with E-state index in [0.717, 1.165) is 16.9 Å². The summed E-state index contributed by atoms with van der Waals surface area (Å²) < 4.78 is 0. The van der Waals surface area contributed by atoms with Crippen molar-refractivity contribution in [2.24, 2.45) is 0 Å². The SMILES string of the molecule is O=C(ON1C(=O)c2ccccc2C1=O)c1nc(-c2ccccc2)cs1. The molecule has 0 atom stereocenters. The highest BCUT2D eigenvalue weighted by molar-refractivity contribution is 7.11. The third-order valence-corrected chi connectivity index (χ3v) is 4.50. The molecule has 0 aliphatic carbocycles. The average Bonchev–Trinajstić information content (AvgIpc) is 3.23. The number of carbonyl (C=O) groups excluding carboxylic acids is 3. The first-order valence-corrected chi connectivity index (χ1v) is 8.24. The van der Waals surface area contributed by atoms with Crippen molar-refractivity contribution < 1.29 is 19.2 Å². The van der Waals surface area contributed by atoms with Gasteiger partial charge in [-0.2, -0.15) is 0 Å². The quantitative estimate of drug-likeness (QED) is 0.678. The number of hydrogen-bond donors (Lipinski definition) is 0. The molecule has 1 aliphatic rings. The van der Waals surface area contributed by atoms with E-state index >= 15 is 0 Å². The van der Waals surface area contributed by atoms with Gasteiger partial charge < -0.3 is 4.84 Å². The number of hydrogen-bond acceptors (Lipinski definition) is 6. The summed E-state index contributed by atoms with van der Waals surface area (Å²) in [6, 6.07) is 15.7. The second-order valence-electron chi connectivity index (χ2n) is 5.23. The standard InChI is InChI=1S/C18H10N2O4S/c21-16-12-8-4-5-9-13(12)17(22)20(16)24-18(23)15-19-14(10-25-15)11-6-2-1-3-7-11/h1-10H. The van der Waals surface area contributed by atoms with Gasteiger partial charge in [0.2, 0.25) is 5.01 Å². The van der Waals surface area contributed by atoms with Gasteiger partial charge in [0.25, 0.3) is 11.8 Å². The monoisotopic (exact) mass is 350 g/mol. The normalized spacial score (nSPS) is 13.0. The van der Waals surface area contributed by atoms with Gasteiger partial charge in [-0.3, -0.25) is 9.59 Å². The molecule has 1 aliphatic heterocycles. The third-order valence-electron chi connectivity index (χ3n) is 3.68. The summed E-state index contributed by atoms with van der Waals surface area (Å²) in [5, 5.41) is 2.26. The van der Waals surface area contributed by atoms with Crippen molar-refractivity contribution in [3.63, 3.8) is 0 Å². The van der Waals surface area contributed by atoms with Crippen LogP contribution in [0, 0.1) is 0 Å². The number of carbonyl (C=O) groups is 3. The fraction of sp³-hybridized carbons (Fsp3) is 0. The Morgan fingerprint density at radius 3 is 2.16 bits per heavy atom. The van der Waals surface area contributed by atoms with Crippen LogP contribution in [0.1, 0.15) is 30.5 Å². The van der Waals surface area contributed by atoms with Gasteiger partial charge in [0, 0.05) is 10.9 Å². The molecule has 0 bridgehead atoms. The maximum Gasteiger partial charge on any atom is 0.392 e. The minimum absolute atomic E-state index is 0.0652. The van der Waals surface area contributed by atoms with Gasteiger partial charge in [-0.05, 0) is 12.1 Å². The number of aromatic nitrogens is 1. The molecule has 25 heavy (non-hydrogen) atoms. The second-order valence-corrected chi connectivity index (χ2v) is 6.09. The van der Waals surface area contributed by atoms with Crippen LogP contribution < -0.4 is 0 Å². The number of imide groups is 1. The lowest BCUT2D eigenvalue weighted by Crippen LogP contribution is -2.32. The van der Waals surface area contributed by atoms with E-state index in [2.05, 4.69) is 4.98 Å². The predicted molar refractivity (Wildman–Crippen MR) is 89.9 cm³/mol. The molecule has 122 valence electrons. The van der Waals surface area contributed by atoms with Crippen molar-refractivity contribution in [1.82, 2.24) is 10.0 Å². The zero-order valence-electron chi connectivity index (χ0n) is 12.7. The Labute approximate surface area is 146 Å². The Hall–Kier alpha value is -3.32. The van der Waals surface area contributed by atoms with Crippen LogP contribution in [-0.2, 0) is 4.84 Å². The Balaban J connectivity index is 1.55. The Morgan fingerprint density at radius 2 is 1.52 bits per heavy atom. The van der Waals surface area contributed by atoms with E-state index in [9.17, 15) is 14.4 Å². The average molecular weight is 350 g/mol. The zero-order valence-corrected chi connectivity index (χ0v) is 13.5. The molecule has 4 rings (SSSR count). The summed E-state index contributed by atoms with van der Waals surface area (Å²) in [5.74, 6) is -2.16. The van der Waals surface area contributed by atoms with Crippen LogP contribution in [0.5, 0.6) is 0 Å². The second kappa shape index (κ2) is 5.95. The van der Waals surface area contributed by atoms with E-state index in [-0.39, 0.29) is 16.1 Å². The lowest BCUT2D eigenvalue weighted by atomic mass is 10.1. The molecule has 0 unspecified atom stereocenters. The van der Waals surface area contributed by atoms with Gasteiger partial charge in [0.1, 0.15) is 0 Å². The molecule has 2 amide bonds. The molecule has 6 nitrogen and oxygen atoms in total. The number of thiazole rings is 1. The van der Waals surface area contributed by atoms with Crippen LogP contribution in [0.4, 0.5) is 0 Å². The van der Waals surface area contributed by atoms with Crippen LogP contribution in [0.2, 0.25) is 0 Å². The fourth-order valence-corrected chi connectivity index (χ4v) is 3.18. The van der Waals surface area contributed by atoms with Gasteiger partial charge in [0.05, 0.1) is 16.8 Å². The van der Waals surface area contributed by atoms with Crippen LogP contribution in [0.15, 0.2) is 60.0 Å². The van der Waals surface area contributed by atoms with Crippen molar-refractivity contribution in [3.8, 4) is 11.3 Å². The smallest absolute Gasteiger partial charge is 0.322 e. The van der Waals surface area contributed by atoms with E-state index < -0.39 is 17.8 Å². The number of amides is 2. The molecule has 2 aromatic carbocycles. The van der Waals surface area contributed by atoms with Crippen molar-refractivity contribution in [3.05, 3.63) is 76.1 Å². The predicted octanol–water partition coefficient (Wildman–Crippen LogP) is 3.18. The fourth-order valence-electron chi connectivity index (χ4n) is 2.48. The molecule has 0 spiro atoms. The lowest BCUT2D eigenvalue weighted by molar-refractivity contribution is -0.0584. The van der Waals surface area contributed by atoms with Crippen molar-refractivity contribution in [1.29, 1.82) is 0 Å². The highest BCUT2D eigenvalue weighted by Gasteiger charge is 2.39. The van der Waals surface area contributed by atoms with E-state index in [1.807, 2.05) is 30.3 Å². The molecule has 0 saturated carbocycles. The summed E-state index contributed by atoms with van der Waals surface area (Å²) in [5.41, 5.74) is 1.91. The molecular weight excluding hydrogens is 340 g/mol. The summed E-state index contributed by atoms with van der Waals surface area (Å²) in [6.45, 7) is 0. The maximum absolute atomic E-state index is 12.3. The first-order valence-electron chi connectivity index (χ1n) is 7.36. The molecule has 1 aromatic heterocycles. The summed E-state index contributed by atoms with van der Waals surface area (Å²) >= 11 is 1.09. The van der Waals surface area contributed by atoms with Crippen molar-refractivity contribution in [2.75, 3.05) is 0 Å². The van der Waals surface area contributed by atoms with Gasteiger partial charge in [-0.25, -0.2) is 9.78 Å². The van der Waals surface area contributed by atoms with Crippen molar-refractivity contribution >= 4 is 29.1 Å². The molecule has 0 N–H and O–H groups in total. The summed E-state index contributed by atoms with van der Waals surface area (Å²) in [4.78, 5) is 45.9. The highest BCUT2D eigenvalue weighted by Crippen LogP contribution is 2.25. The molecule has 3 aromatic rings. The number of benzene rings is 2. The van der Waals surface area contributed by atoms with Gasteiger partial charge in [-0.15, -0.1) is 11.3 Å². The molecule has 0 saturated heterocycles. The minimum Gasteiger partial charge on any atom is -0.322 e. The maximum atomic E-state index is 12.3. The number of rotatable bonds is 3. The Morgan fingerprint density at radius 1 is 0.920 bits per heavy atom. The van der Waals surface area contributed by atoms with Crippen LogP contribution in [0.25, 0.3) is 11.3 Å². The van der Waals surface area contributed by atoms with Gasteiger partial charge in [-0.1, -0.05) is 47.5 Å². The van der Waals surface area contributed by atoms with E-state index in [1.165, 1.54) is 12.1 Å². The van der Waals surface area contributed by atoms with Gasteiger partial charge in [0.15, 0.2) is 0 Å². The van der Waals surface area contributed by atoms with Gasteiger partial charge >= 0.3 is 5.97 Å². The number of hydroxylamine groups is 2. The summed E-state index contributed by atoms with van der Waals surface area (Å²) in [7, 11) is 0. The molecule has 0 fully saturated rings. The van der Waals surface area contributed by atoms with Crippen LogP contribution >= 0.6 is 11.3 Å².